The third-order valence-electron chi connectivity index (χ3n) is 5.24. The first kappa shape index (κ1) is 22.0. The van der Waals surface area contributed by atoms with Crippen LogP contribution in [-0.4, -0.2) is 43.4 Å². The molecule has 0 spiro atoms. The number of sulfonamides is 1. The van der Waals surface area contributed by atoms with Gasteiger partial charge in [-0.05, 0) is 37.5 Å². The van der Waals surface area contributed by atoms with Gasteiger partial charge in [0, 0.05) is 19.6 Å². The predicted octanol–water partition coefficient (Wildman–Crippen LogP) is 2.62. The summed E-state index contributed by atoms with van der Waals surface area (Å²) < 4.78 is 25.7. The molecule has 0 unspecified atom stereocenters. The van der Waals surface area contributed by atoms with Gasteiger partial charge >= 0.3 is 0 Å². The standard InChI is InChI=1S/C22H27N3O4S/c1-2-30(28,29)25-14-8-11-18(16-25)21(26)24-20-13-7-6-12-19(20)22(27)23-15-17-9-4-3-5-10-17/h3-7,9-10,12-13,18H,2,8,11,14-16H2,1H3,(H,23,27)(H,24,26)/t18-/m1/s1. The highest BCUT2D eigenvalue weighted by Gasteiger charge is 2.31. The minimum Gasteiger partial charge on any atom is -0.348 e. The van der Waals surface area contributed by atoms with Crippen molar-refractivity contribution in [3.8, 4) is 0 Å². The van der Waals surface area contributed by atoms with E-state index >= 15 is 0 Å². The summed E-state index contributed by atoms with van der Waals surface area (Å²) >= 11 is 0. The van der Waals surface area contributed by atoms with Crippen LogP contribution in [0.3, 0.4) is 0 Å². The molecule has 0 aromatic heterocycles. The maximum absolute atomic E-state index is 12.8. The van der Waals surface area contributed by atoms with Gasteiger partial charge in [-0.2, -0.15) is 0 Å². The van der Waals surface area contributed by atoms with Crippen molar-refractivity contribution in [2.45, 2.75) is 26.3 Å². The van der Waals surface area contributed by atoms with Crippen LogP contribution in [0.5, 0.6) is 0 Å². The second kappa shape index (κ2) is 9.86. The molecular weight excluding hydrogens is 402 g/mol. The highest BCUT2D eigenvalue weighted by atomic mass is 32.2. The topological polar surface area (TPSA) is 95.6 Å². The monoisotopic (exact) mass is 429 g/mol. The zero-order valence-corrected chi connectivity index (χ0v) is 17.8. The van der Waals surface area contributed by atoms with E-state index in [4.69, 9.17) is 0 Å². The van der Waals surface area contributed by atoms with E-state index in [1.54, 1.807) is 31.2 Å². The number of carbonyl (C=O) groups excluding carboxylic acids is 2. The van der Waals surface area contributed by atoms with Gasteiger partial charge in [0.15, 0.2) is 0 Å². The molecule has 2 N–H and O–H groups in total. The van der Waals surface area contributed by atoms with Gasteiger partial charge in [-0.3, -0.25) is 9.59 Å². The van der Waals surface area contributed by atoms with Crippen LogP contribution < -0.4 is 10.6 Å². The second-order valence-corrected chi connectivity index (χ2v) is 9.56. The molecule has 7 nitrogen and oxygen atoms in total. The first-order valence-corrected chi connectivity index (χ1v) is 11.7. The molecule has 1 fully saturated rings. The van der Waals surface area contributed by atoms with Gasteiger partial charge in [-0.1, -0.05) is 42.5 Å². The summed E-state index contributed by atoms with van der Waals surface area (Å²) in [5.41, 5.74) is 1.77. The first-order chi connectivity index (χ1) is 14.4. The number of benzene rings is 2. The molecule has 1 heterocycles. The molecule has 0 aliphatic carbocycles. The van der Waals surface area contributed by atoms with Crippen molar-refractivity contribution in [2.75, 3.05) is 24.2 Å². The average molecular weight is 430 g/mol. The maximum Gasteiger partial charge on any atom is 0.253 e. The zero-order valence-electron chi connectivity index (χ0n) is 17.0. The van der Waals surface area contributed by atoms with Crippen molar-refractivity contribution in [1.29, 1.82) is 0 Å². The van der Waals surface area contributed by atoms with Gasteiger partial charge in [-0.15, -0.1) is 0 Å². The fourth-order valence-corrected chi connectivity index (χ4v) is 4.67. The number of anilines is 1. The Hall–Kier alpha value is -2.71. The van der Waals surface area contributed by atoms with Crippen molar-refractivity contribution in [3.05, 3.63) is 65.7 Å². The van der Waals surface area contributed by atoms with Crippen molar-refractivity contribution in [3.63, 3.8) is 0 Å². The Morgan fingerprint density at radius 2 is 1.77 bits per heavy atom. The van der Waals surface area contributed by atoms with E-state index in [2.05, 4.69) is 10.6 Å². The minimum absolute atomic E-state index is 0.0196. The van der Waals surface area contributed by atoms with Crippen LogP contribution >= 0.6 is 0 Å². The largest absolute Gasteiger partial charge is 0.348 e. The number of rotatable bonds is 7. The SMILES string of the molecule is CCS(=O)(=O)N1CCC[C@@H](C(=O)Nc2ccccc2C(=O)NCc2ccccc2)C1. The highest BCUT2D eigenvalue weighted by Crippen LogP contribution is 2.22. The van der Waals surface area contributed by atoms with E-state index < -0.39 is 15.9 Å². The third-order valence-corrected chi connectivity index (χ3v) is 7.09. The Morgan fingerprint density at radius 1 is 1.07 bits per heavy atom. The van der Waals surface area contributed by atoms with Crippen LogP contribution in [0.2, 0.25) is 0 Å². The Bertz CT molecular complexity index is 992. The molecule has 8 heteroatoms. The Labute approximate surface area is 177 Å². The summed E-state index contributed by atoms with van der Waals surface area (Å²) in [5.74, 6) is -0.977. The number of carbonyl (C=O) groups is 2. The van der Waals surface area contributed by atoms with Crippen LogP contribution in [0.25, 0.3) is 0 Å². The quantitative estimate of drug-likeness (QED) is 0.707. The number of hydrogen-bond acceptors (Lipinski definition) is 4. The summed E-state index contributed by atoms with van der Waals surface area (Å²) in [7, 11) is -3.33. The van der Waals surface area contributed by atoms with Gasteiger partial charge in [0.1, 0.15) is 0 Å². The molecule has 0 saturated carbocycles. The molecule has 2 aromatic rings. The number of nitrogens with zero attached hydrogens (tertiary/aromatic N) is 1. The molecular formula is C22H27N3O4S. The minimum atomic E-state index is -3.33. The number of hydrogen-bond donors (Lipinski definition) is 2. The van der Waals surface area contributed by atoms with E-state index in [1.807, 2.05) is 30.3 Å². The van der Waals surface area contributed by atoms with E-state index in [0.29, 0.717) is 37.2 Å². The Kier molecular flexibility index (Phi) is 7.23. The van der Waals surface area contributed by atoms with E-state index in [1.165, 1.54) is 4.31 Å². The lowest BCUT2D eigenvalue weighted by Gasteiger charge is -2.31. The molecule has 3 rings (SSSR count). The van der Waals surface area contributed by atoms with E-state index in [-0.39, 0.29) is 24.1 Å². The van der Waals surface area contributed by atoms with Gasteiger partial charge in [0.2, 0.25) is 15.9 Å². The van der Waals surface area contributed by atoms with Crippen molar-refractivity contribution >= 4 is 27.5 Å². The Morgan fingerprint density at radius 3 is 2.50 bits per heavy atom. The lowest BCUT2D eigenvalue weighted by atomic mass is 9.98. The molecule has 30 heavy (non-hydrogen) atoms. The molecule has 0 radical (unpaired) electrons. The number of para-hydroxylation sites is 1. The van der Waals surface area contributed by atoms with Crippen molar-refractivity contribution in [2.24, 2.45) is 5.92 Å². The summed E-state index contributed by atoms with van der Waals surface area (Å²) in [6.45, 7) is 2.60. The van der Waals surface area contributed by atoms with Crippen LogP contribution in [0.1, 0.15) is 35.7 Å². The summed E-state index contributed by atoms with van der Waals surface area (Å²) in [4.78, 5) is 25.5. The molecule has 1 aliphatic heterocycles. The lowest BCUT2D eigenvalue weighted by molar-refractivity contribution is -0.120. The second-order valence-electron chi connectivity index (χ2n) is 7.30. The van der Waals surface area contributed by atoms with Crippen LogP contribution in [0.4, 0.5) is 5.69 Å². The molecule has 2 aromatic carbocycles. The number of piperidine rings is 1. The molecule has 1 saturated heterocycles. The van der Waals surface area contributed by atoms with Crippen LogP contribution in [0, 0.1) is 5.92 Å². The summed E-state index contributed by atoms with van der Waals surface area (Å²) in [6.07, 6.45) is 1.25. The highest BCUT2D eigenvalue weighted by molar-refractivity contribution is 7.89. The Balaban J connectivity index is 1.66. The van der Waals surface area contributed by atoms with Crippen molar-refractivity contribution < 1.29 is 18.0 Å². The smallest absolute Gasteiger partial charge is 0.253 e. The maximum atomic E-state index is 12.8. The van der Waals surface area contributed by atoms with Gasteiger partial charge in [-0.25, -0.2) is 12.7 Å². The molecule has 1 atom stereocenters. The fourth-order valence-electron chi connectivity index (χ4n) is 3.49. The van der Waals surface area contributed by atoms with E-state index in [9.17, 15) is 18.0 Å². The van der Waals surface area contributed by atoms with E-state index in [0.717, 1.165) is 5.56 Å². The van der Waals surface area contributed by atoms with Crippen LogP contribution in [0.15, 0.2) is 54.6 Å². The first-order valence-electron chi connectivity index (χ1n) is 10.1. The van der Waals surface area contributed by atoms with Gasteiger partial charge < -0.3 is 10.6 Å². The van der Waals surface area contributed by atoms with Gasteiger partial charge in [0.05, 0.1) is 22.9 Å². The fraction of sp³-hybridized carbons (Fsp3) is 0.364. The predicted molar refractivity (Wildman–Crippen MR) is 116 cm³/mol. The average Bonchev–Trinajstić information content (AvgIpc) is 2.78. The van der Waals surface area contributed by atoms with Gasteiger partial charge in [0.25, 0.3) is 5.91 Å². The number of amides is 2. The summed E-state index contributed by atoms with van der Waals surface area (Å²) in [5, 5.41) is 5.69. The number of nitrogens with one attached hydrogen (secondary N) is 2. The zero-order chi connectivity index (χ0) is 21.6. The molecule has 160 valence electrons. The molecule has 2 amide bonds. The van der Waals surface area contributed by atoms with Crippen molar-refractivity contribution in [1.82, 2.24) is 9.62 Å². The third kappa shape index (κ3) is 5.46. The van der Waals surface area contributed by atoms with Crippen LogP contribution in [-0.2, 0) is 21.4 Å². The molecule has 0 bridgehead atoms. The lowest BCUT2D eigenvalue weighted by Crippen LogP contribution is -2.44. The summed E-state index contributed by atoms with van der Waals surface area (Å²) in [6, 6.07) is 16.4. The molecule has 1 aliphatic rings. The normalized spacial score (nSPS) is 17.3.